The third kappa shape index (κ3) is 5.15. The minimum atomic E-state index is -4.38. The molecule has 1 aromatic rings. The number of alkyl halides is 3. The Morgan fingerprint density at radius 2 is 1.79 bits per heavy atom. The summed E-state index contributed by atoms with van der Waals surface area (Å²) in [5, 5.41) is 0. The summed E-state index contributed by atoms with van der Waals surface area (Å²) in [5.41, 5.74) is 5.51. The molecule has 0 fully saturated rings. The van der Waals surface area contributed by atoms with Crippen LogP contribution in [-0.4, -0.2) is 0 Å². The second kappa shape index (κ2) is 5.83. The quantitative estimate of drug-likeness (QED) is 0.796. The molecular formula is C14H19BrF3N. The van der Waals surface area contributed by atoms with Crippen LogP contribution in [0.3, 0.4) is 0 Å². The van der Waals surface area contributed by atoms with Gasteiger partial charge >= 0.3 is 6.18 Å². The molecule has 0 saturated carbocycles. The Bertz CT molecular complexity index is 435. The van der Waals surface area contributed by atoms with Gasteiger partial charge in [-0.05, 0) is 36.0 Å². The van der Waals surface area contributed by atoms with Gasteiger partial charge in [-0.25, -0.2) is 0 Å². The zero-order valence-electron chi connectivity index (χ0n) is 11.3. The van der Waals surface area contributed by atoms with E-state index < -0.39 is 17.8 Å². The van der Waals surface area contributed by atoms with Crippen LogP contribution >= 0.6 is 15.9 Å². The van der Waals surface area contributed by atoms with Crippen molar-refractivity contribution in [2.45, 2.75) is 45.8 Å². The first-order chi connectivity index (χ1) is 8.50. The first-order valence-electron chi connectivity index (χ1n) is 6.13. The van der Waals surface area contributed by atoms with E-state index in [-0.39, 0.29) is 11.0 Å². The Labute approximate surface area is 120 Å². The Morgan fingerprint density at radius 1 is 1.21 bits per heavy atom. The zero-order chi connectivity index (χ0) is 14.8. The van der Waals surface area contributed by atoms with Gasteiger partial charge in [0.25, 0.3) is 0 Å². The predicted molar refractivity (Wildman–Crippen MR) is 74.8 cm³/mol. The Morgan fingerprint density at radius 3 is 2.26 bits per heavy atom. The third-order valence-corrected chi connectivity index (χ3v) is 3.42. The number of rotatable bonds is 3. The van der Waals surface area contributed by atoms with Gasteiger partial charge in [0.2, 0.25) is 0 Å². The SMILES string of the molecule is CC(C)(C)CCC(N)c1ccc(Br)cc1C(F)(F)F. The third-order valence-electron chi connectivity index (χ3n) is 2.93. The maximum absolute atomic E-state index is 13.0. The molecule has 1 nitrogen and oxygen atoms in total. The average molecular weight is 338 g/mol. The summed E-state index contributed by atoms with van der Waals surface area (Å²) in [4.78, 5) is 0. The van der Waals surface area contributed by atoms with Gasteiger partial charge in [0.1, 0.15) is 0 Å². The lowest BCUT2D eigenvalue weighted by Gasteiger charge is -2.23. The normalized spacial score (nSPS) is 14.5. The molecule has 0 aliphatic rings. The van der Waals surface area contributed by atoms with Crippen molar-refractivity contribution in [1.29, 1.82) is 0 Å². The van der Waals surface area contributed by atoms with Gasteiger partial charge in [-0.2, -0.15) is 13.2 Å². The van der Waals surface area contributed by atoms with Crippen LogP contribution in [0, 0.1) is 5.41 Å². The minimum Gasteiger partial charge on any atom is -0.324 e. The largest absolute Gasteiger partial charge is 0.416 e. The minimum absolute atomic E-state index is 0.0609. The lowest BCUT2D eigenvalue weighted by atomic mass is 9.86. The Hall–Kier alpha value is -0.550. The fraction of sp³-hybridized carbons (Fsp3) is 0.571. The second-order valence-corrected chi connectivity index (χ2v) is 6.85. The maximum atomic E-state index is 13.0. The molecule has 0 aromatic heterocycles. The first kappa shape index (κ1) is 16.5. The molecule has 1 aromatic carbocycles. The van der Waals surface area contributed by atoms with Crippen LogP contribution < -0.4 is 5.73 Å². The van der Waals surface area contributed by atoms with Gasteiger partial charge in [0.15, 0.2) is 0 Å². The van der Waals surface area contributed by atoms with Crippen LogP contribution in [0.1, 0.15) is 50.8 Å². The van der Waals surface area contributed by atoms with Gasteiger partial charge in [-0.1, -0.05) is 42.8 Å². The summed E-state index contributed by atoms with van der Waals surface area (Å²) >= 11 is 3.07. The fourth-order valence-electron chi connectivity index (χ4n) is 1.84. The molecule has 108 valence electrons. The molecule has 19 heavy (non-hydrogen) atoms. The van der Waals surface area contributed by atoms with E-state index in [0.29, 0.717) is 10.9 Å². The van der Waals surface area contributed by atoms with Crippen molar-refractivity contribution in [2.75, 3.05) is 0 Å². The average Bonchev–Trinajstić information content (AvgIpc) is 2.23. The number of halogens is 4. The van der Waals surface area contributed by atoms with Crippen molar-refractivity contribution in [3.05, 3.63) is 33.8 Å². The molecule has 0 aliphatic heterocycles. The highest BCUT2D eigenvalue weighted by atomic mass is 79.9. The second-order valence-electron chi connectivity index (χ2n) is 5.94. The van der Waals surface area contributed by atoms with Crippen molar-refractivity contribution in [1.82, 2.24) is 0 Å². The molecule has 0 aliphatic carbocycles. The fourth-order valence-corrected chi connectivity index (χ4v) is 2.20. The van der Waals surface area contributed by atoms with E-state index in [4.69, 9.17) is 5.73 Å². The molecule has 0 spiro atoms. The Kier molecular flexibility index (Phi) is 5.07. The number of hydrogen-bond donors (Lipinski definition) is 1. The van der Waals surface area contributed by atoms with E-state index in [1.165, 1.54) is 6.07 Å². The highest BCUT2D eigenvalue weighted by Gasteiger charge is 2.34. The summed E-state index contributed by atoms with van der Waals surface area (Å²) in [6.45, 7) is 6.14. The molecule has 0 saturated heterocycles. The summed E-state index contributed by atoms with van der Waals surface area (Å²) in [6.07, 6.45) is -3.06. The molecular weight excluding hydrogens is 319 g/mol. The monoisotopic (exact) mass is 337 g/mol. The predicted octanol–water partition coefficient (Wildman–Crippen LogP) is 5.29. The van der Waals surface area contributed by atoms with Crippen LogP contribution in [0.15, 0.2) is 22.7 Å². The van der Waals surface area contributed by atoms with E-state index >= 15 is 0 Å². The highest BCUT2D eigenvalue weighted by molar-refractivity contribution is 9.10. The van der Waals surface area contributed by atoms with Gasteiger partial charge in [0, 0.05) is 10.5 Å². The van der Waals surface area contributed by atoms with Gasteiger partial charge in [-0.3, -0.25) is 0 Å². The topological polar surface area (TPSA) is 26.0 Å². The standard InChI is InChI=1S/C14H19BrF3N/c1-13(2,3)7-6-12(19)10-5-4-9(15)8-11(10)14(16,17)18/h4-5,8,12H,6-7,19H2,1-3H3. The Balaban J connectivity index is 3.00. The number of nitrogens with two attached hydrogens (primary N) is 1. The van der Waals surface area contributed by atoms with E-state index in [1.54, 1.807) is 6.07 Å². The van der Waals surface area contributed by atoms with Crippen molar-refractivity contribution >= 4 is 15.9 Å². The molecule has 0 bridgehead atoms. The van der Waals surface area contributed by atoms with Crippen molar-refractivity contribution < 1.29 is 13.2 Å². The molecule has 5 heteroatoms. The van der Waals surface area contributed by atoms with Gasteiger partial charge < -0.3 is 5.73 Å². The molecule has 0 amide bonds. The van der Waals surface area contributed by atoms with Crippen LogP contribution in [0.4, 0.5) is 13.2 Å². The smallest absolute Gasteiger partial charge is 0.324 e. The first-order valence-corrected chi connectivity index (χ1v) is 6.92. The molecule has 1 rings (SSSR count). The summed E-state index contributed by atoms with van der Waals surface area (Å²) in [6, 6.07) is 3.55. The molecule has 1 unspecified atom stereocenters. The zero-order valence-corrected chi connectivity index (χ0v) is 12.9. The number of hydrogen-bond acceptors (Lipinski definition) is 1. The molecule has 2 N–H and O–H groups in total. The summed E-state index contributed by atoms with van der Waals surface area (Å²) in [7, 11) is 0. The molecule has 1 atom stereocenters. The van der Waals surface area contributed by atoms with Crippen molar-refractivity contribution in [3.63, 3.8) is 0 Å². The van der Waals surface area contributed by atoms with E-state index in [1.807, 2.05) is 20.8 Å². The molecule has 0 radical (unpaired) electrons. The molecule has 0 heterocycles. The summed E-state index contributed by atoms with van der Waals surface area (Å²) in [5.74, 6) is 0. The summed E-state index contributed by atoms with van der Waals surface area (Å²) < 4.78 is 39.4. The van der Waals surface area contributed by atoms with Crippen molar-refractivity contribution in [3.8, 4) is 0 Å². The number of benzene rings is 1. The lowest BCUT2D eigenvalue weighted by molar-refractivity contribution is -0.138. The van der Waals surface area contributed by atoms with Crippen LogP contribution in [0.2, 0.25) is 0 Å². The van der Waals surface area contributed by atoms with E-state index in [2.05, 4.69) is 15.9 Å². The van der Waals surface area contributed by atoms with Crippen LogP contribution in [-0.2, 0) is 6.18 Å². The highest BCUT2D eigenvalue weighted by Crippen LogP contribution is 2.37. The van der Waals surface area contributed by atoms with Gasteiger partial charge in [-0.15, -0.1) is 0 Å². The van der Waals surface area contributed by atoms with Gasteiger partial charge in [0.05, 0.1) is 5.56 Å². The van der Waals surface area contributed by atoms with Crippen LogP contribution in [0.25, 0.3) is 0 Å². The lowest BCUT2D eigenvalue weighted by Crippen LogP contribution is -2.19. The van der Waals surface area contributed by atoms with E-state index in [0.717, 1.165) is 12.5 Å². The van der Waals surface area contributed by atoms with E-state index in [9.17, 15) is 13.2 Å². The maximum Gasteiger partial charge on any atom is 0.416 e. The van der Waals surface area contributed by atoms with Crippen LogP contribution in [0.5, 0.6) is 0 Å². The van der Waals surface area contributed by atoms with Crippen molar-refractivity contribution in [2.24, 2.45) is 11.1 Å².